The summed E-state index contributed by atoms with van der Waals surface area (Å²) in [5, 5.41) is 9.25. The third kappa shape index (κ3) is 2.54. The molecule has 3 atom stereocenters. The summed E-state index contributed by atoms with van der Waals surface area (Å²) >= 11 is 0. The molecule has 4 heteroatoms. The minimum absolute atomic E-state index is 0.106. The topological polar surface area (TPSA) is 66.6 Å². The number of hydrogen-bond donors (Lipinski definition) is 2. The molecule has 3 N–H and O–H groups in total. The summed E-state index contributed by atoms with van der Waals surface area (Å²) in [4.78, 5) is 14.2. The van der Waals surface area contributed by atoms with Crippen molar-refractivity contribution in [3.63, 3.8) is 0 Å². The Labute approximate surface area is 110 Å². The van der Waals surface area contributed by atoms with Gasteiger partial charge in [-0.05, 0) is 42.9 Å². The Balaban J connectivity index is 1.94. The maximum absolute atomic E-state index is 12.2. The van der Waals surface area contributed by atoms with Gasteiger partial charge in [0.1, 0.15) is 0 Å². The van der Waals surface area contributed by atoms with Crippen LogP contribution in [-0.2, 0) is 4.79 Å². The molecule has 1 aliphatic carbocycles. The lowest BCUT2D eigenvalue weighted by Crippen LogP contribution is -2.46. The number of nitrogens with two attached hydrogens (primary N) is 1. The van der Waals surface area contributed by atoms with Gasteiger partial charge >= 0.3 is 0 Å². The summed E-state index contributed by atoms with van der Waals surface area (Å²) in [5.41, 5.74) is 6.23. The van der Waals surface area contributed by atoms with Gasteiger partial charge in [-0.1, -0.05) is 13.8 Å². The molecule has 0 aromatic heterocycles. The lowest BCUT2D eigenvalue weighted by molar-refractivity contribution is -0.132. The molecule has 2 fully saturated rings. The van der Waals surface area contributed by atoms with Crippen LogP contribution in [0.1, 0.15) is 39.5 Å². The number of aliphatic hydroxyl groups excluding tert-OH is 1. The molecular formula is C14H26N2O2. The van der Waals surface area contributed by atoms with Crippen LogP contribution >= 0.6 is 0 Å². The first-order valence-corrected chi connectivity index (χ1v) is 7.13. The van der Waals surface area contributed by atoms with E-state index in [9.17, 15) is 9.90 Å². The SMILES string of the molecule is CC(C)[C@H](N)C(=O)N1CC[C@@]2(CC[C@@H](CO)C2)C1. The van der Waals surface area contributed by atoms with Gasteiger partial charge < -0.3 is 15.7 Å². The number of aliphatic hydroxyl groups is 1. The monoisotopic (exact) mass is 254 g/mol. The van der Waals surface area contributed by atoms with E-state index >= 15 is 0 Å². The lowest BCUT2D eigenvalue weighted by atomic mass is 9.84. The smallest absolute Gasteiger partial charge is 0.239 e. The van der Waals surface area contributed by atoms with Crippen molar-refractivity contribution in [1.82, 2.24) is 4.90 Å². The fourth-order valence-corrected chi connectivity index (χ4v) is 3.47. The largest absolute Gasteiger partial charge is 0.396 e. The standard InChI is InChI=1S/C14H26N2O2/c1-10(2)12(15)13(18)16-6-5-14(9-16)4-3-11(7-14)8-17/h10-12,17H,3-9,15H2,1-2H3/t11-,12+,14-/m1/s1. The summed E-state index contributed by atoms with van der Waals surface area (Å²) in [7, 11) is 0. The number of carbonyl (C=O) groups is 1. The van der Waals surface area contributed by atoms with E-state index in [1.165, 1.54) is 0 Å². The number of rotatable bonds is 3. The summed E-state index contributed by atoms with van der Waals surface area (Å²) in [6, 6.07) is -0.366. The van der Waals surface area contributed by atoms with E-state index in [0.717, 1.165) is 38.8 Å². The molecule has 104 valence electrons. The second kappa shape index (κ2) is 5.17. The van der Waals surface area contributed by atoms with E-state index in [2.05, 4.69) is 0 Å². The number of likely N-dealkylation sites (tertiary alicyclic amines) is 1. The first-order valence-electron chi connectivity index (χ1n) is 7.13. The van der Waals surface area contributed by atoms with E-state index in [4.69, 9.17) is 5.73 Å². The molecule has 0 unspecified atom stereocenters. The number of nitrogens with zero attached hydrogens (tertiary/aromatic N) is 1. The molecule has 0 aromatic rings. The first kappa shape index (κ1) is 13.8. The molecule has 0 aromatic carbocycles. The van der Waals surface area contributed by atoms with Crippen LogP contribution < -0.4 is 5.73 Å². The van der Waals surface area contributed by atoms with Gasteiger partial charge in [-0.3, -0.25) is 4.79 Å². The maximum Gasteiger partial charge on any atom is 0.239 e. The fourth-order valence-electron chi connectivity index (χ4n) is 3.47. The molecule has 2 rings (SSSR count). The lowest BCUT2D eigenvalue weighted by Gasteiger charge is -2.26. The highest BCUT2D eigenvalue weighted by molar-refractivity contribution is 5.82. The third-order valence-corrected chi connectivity index (χ3v) is 4.82. The second-order valence-electron chi connectivity index (χ2n) is 6.57. The van der Waals surface area contributed by atoms with Crippen LogP contribution in [-0.4, -0.2) is 41.7 Å². The Bertz CT molecular complexity index is 319. The summed E-state index contributed by atoms with van der Waals surface area (Å²) < 4.78 is 0. The normalized spacial score (nSPS) is 33.6. The second-order valence-corrected chi connectivity index (χ2v) is 6.57. The van der Waals surface area contributed by atoms with Crippen molar-refractivity contribution in [2.24, 2.45) is 23.0 Å². The van der Waals surface area contributed by atoms with E-state index in [0.29, 0.717) is 12.5 Å². The molecule has 18 heavy (non-hydrogen) atoms. The van der Waals surface area contributed by atoms with Crippen LogP contribution in [0, 0.1) is 17.3 Å². The minimum Gasteiger partial charge on any atom is -0.396 e. The predicted molar refractivity (Wildman–Crippen MR) is 70.9 cm³/mol. The van der Waals surface area contributed by atoms with Crippen molar-refractivity contribution in [2.45, 2.75) is 45.6 Å². The van der Waals surface area contributed by atoms with Gasteiger partial charge in [0.25, 0.3) is 0 Å². The van der Waals surface area contributed by atoms with Crippen LogP contribution in [0.15, 0.2) is 0 Å². The Morgan fingerprint density at radius 2 is 2.22 bits per heavy atom. The van der Waals surface area contributed by atoms with E-state index in [1.807, 2.05) is 18.7 Å². The van der Waals surface area contributed by atoms with Crippen molar-refractivity contribution in [2.75, 3.05) is 19.7 Å². The van der Waals surface area contributed by atoms with Gasteiger partial charge in [-0.15, -0.1) is 0 Å². The Hall–Kier alpha value is -0.610. The molecule has 0 radical (unpaired) electrons. The summed E-state index contributed by atoms with van der Waals surface area (Å²) in [6.07, 6.45) is 4.41. The number of carbonyl (C=O) groups excluding carboxylic acids is 1. The maximum atomic E-state index is 12.2. The van der Waals surface area contributed by atoms with Crippen molar-refractivity contribution in [3.05, 3.63) is 0 Å². The summed E-state index contributed by atoms with van der Waals surface area (Å²) in [5.74, 6) is 0.746. The van der Waals surface area contributed by atoms with Crippen LogP contribution in [0.4, 0.5) is 0 Å². The van der Waals surface area contributed by atoms with Crippen LogP contribution in [0.5, 0.6) is 0 Å². The minimum atomic E-state index is -0.366. The molecule has 4 nitrogen and oxygen atoms in total. The van der Waals surface area contributed by atoms with Gasteiger partial charge in [0.15, 0.2) is 0 Å². The van der Waals surface area contributed by atoms with E-state index in [-0.39, 0.29) is 23.3 Å². The van der Waals surface area contributed by atoms with Crippen molar-refractivity contribution >= 4 is 5.91 Å². The highest BCUT2D eigenvalue weighted by Gasteiger charge is 2.45. The zero-order valence-electron chi connectivity index (χ0n) is 11.6. The zero-order chi connectivity index (χ0) is 13.3. The number of amides is 1. The third-order valence-electron chi connectivity index (χ3n) is 4.82. The van der Waals surface area contributed by atoms with Gasteiger partial charge in [0.2, 0.25) is 5.91 Å². The van der Waals surface area contributed by atoms with E-state index in [1.54, 1.807) is 0 Å². The highest BCUT2D eigenvalue weighted by Crippen LogP contribution is 2.48. The number of hydrogen-bond acceptors (Lipinski definition) is 3. The van der Waals surface area contributed by atoms with Gasteiger partial charge in [-0.25, -0.2) is 0 Å². The van der Waals surface area contributed by atoms with Crippen LogP contribution in [0.25, 0.3) is 0 Å². The zero-order valence-corrected chi connectivity index (χ0v) is 11.6. The van der Waals surface area contributed by atoms with Crippen LogP contribution in [0.2, 0.25) is 0 Å². The average Bonchev–Trinajstić information content (AvgIpc) is 2.95. The molecule has 2 aliphatic rings. The fraction of sp³-hybridized carbons (Fsp3) is 0.929. The summed E-state index contributed by atoms with van der Waals surface area (Å²) in [6.45, 7) is 5.97. The van der Waals surface area contributed by atoms with Crippen molar-refractivity contribution < 1.29 is 9.90 Å². The molecule has 0 bridgehead atoms. The molecule has 1 amide bonds. The van der Waals surface area contributed by atoms with Crippen molar-refractivity contribution in [1.29, 1.82) is 0 Å². The Morgan fingerprint density at radius 3 is 2.78 bits per heavy atom. The predicted octanol–water partition coefficient (Wildman–Crippen LogP) is 0.981. The average molecular weight is 254 g/mol. The van der Waals surface area contributed by atoms with Gasteiger partial charge in [-0.2, -0.15) is 0 Å². The molecule has 1 aliphatic heterocycles. The Morgan fingerprint density at radius 1 is 1.50 bits per heavy atom. The Kier molecular flexibility index (Phi) is 3.97. The van der Waals surface area contributed by atoms with Gasteiger partial charge in [0, 0.05) is 19.7 Å². The molecule has 1 saturated carbocycles. The highest BCUT2D eigenvalue weighted by atomic mass is 16.3. The van der Waals surface area contributed by atoms with Gasteiger partial charge in [0.05, 0.1) is 6.04 Å². The molecule has 1 spiro atoms. The van der Waals surface area contributed by atoms with E-state index < -0.39 is 0 Å². The molecular weight excluding hydrogens is 228 g/mol. The molecule has 1 saturated heterocycles. The van der Waals surface area contributed by atoms with Crippen molar-refractivity contribution in [3.8, 4) is 0 Å². The van der Waals surface area contributed by atoms with Crippen LogP contribution in [0.3, 0.4) is 0 Å². The molecule has 1 heterocycles. The first-order chi connectivity index (χ1) is 8.47. The quantitative estimate of drug-likeness (QED) is 0.789.